The molecule has 0 saturated heterocycles. The second-order valence-electron chi connectivity index (χ2n) is 4.64. The zero-order chi connectivity index (χ0) is 11.3. The molecule has 0 saturated carbocycles. The van der Waals surface area contributed by atoms with Crippen LogP contribution in [0.15, 0.2) is 11.7 Å². The van der Waals surface area contributed by atoms with Crippen LogP contribution < -0.4 is 5.32 Å². The molecule has 4 heteroatoms. The van der Waals surface area contributed by atoms with Gasteiger partial charge in [0.25, 0.3) is 0 Å². The van der Waals surface area contributed by atoms with Crippen LogP contribution in [0.5, 0.6) is 0 Å². The normalized spacial score (nSPS) is 14.1. The molecular weight excluding hydrogens is 208 g/mol. The lowest BCUT2D eigenvalue weighted by molar-refractivity contribution is 0.204. The van der Waals surface area contributed by atoms with Crippen molar-refractivity contribution in [3.05, 3.63) is 16.6 Å². The zero-order valence-corrected chi connectivity index (χ0v) is 10.5. The Hall–Kier alpha value is -0.450. The van der Waals surface area contributed by atoms with E-state index in [2.05, 4.69) is 31.1 Å². The molecule has 86 valence electrons. The van der Waals surface area contributed by atoms with E-state index < -0.39 is 0 Å². The van der Waals surface area contributed by atoms with Crippen LogP contribution in [0.2, 0.25) is 0 Å². The summed E-state index contributed by atoms with van der Waals surface area (Å²) in [5, 5.41) is 12.4. The van der Waals surface area contributed by atoms with Crippen LogP contribution in [0, 0.1) is 5.41 Å². The third-order valence-electron chi connectivity index (χ3n) is 2.55. The number of aromatic nitrogens is 1. The molecule has 1 rings (SSSR count). The first-order valence-electron chi connectivity index (χ1n) is 5.28. The Bertz CT molecular complexity index is 272. The van der Waals surface area contributed by atoms with Crippen molar-refractivity contribution in [2.75, 3.05) is 13.2 Å². The Labute approximate surface area is 95.6 Å². The number of aliphatic hydroxyl groups excluding tert-OH is 1. The minimum absolute atomic E-state index is 0.147. The van der Waals surface area contributed by atoms with E-state index in [1.54, 1.807) is 11.3 Å². The van der Waals surface area contributed by atoms with Gasteiger partial charge in [0.15, 0.2) is 0 Å². The van der Waals surface area contributed by atoms with Crippen molar-refractivity contribution >= 4 is 11.3 Å². The molecule has 1 heterocycles. The second-order valence-corrected chi connectivity index (χ2v) is 5.56. The Balaban J connectivity index is 2.37. The molecule has 3 nitrogen and oxygen atoms in total. The fourth-order valence-corrected chi connectivity index (χ4v) is 2.01. The highest BCUT2D eigenvalue weighted by atomic mass is 32.1. The highest BCUT2D eigenvalue weighted by Crippen LogP contribution is 2.21. The molecule has 0 aliphatic rings. The average molecular weight is 228 g/mol. The number of hydrogen-bond acceptors (Lipinski definition) is 4. The van der Waals surface area contributed by atoms with Gasteiger partial charge in [0.2, 0.25) is 0 Å². The molecule has 0 aliphatic heterocycles. The number of hydrogen-bond donors (Lipinski definition) is 2. The highest BCUT2D eigenvalue weighted by Gasteiger charge is 2.18. The molecular formula is C11H20N2OS. The van der Waals surface area contributed by atoms with Crippen molar-refractivity contribution in [1.29, 1.82) is 0 Å². The lowest BCUT2D eigenvalue weighted by Crippen LogP contribution is -2.31. The summed E-state index contributed by atoms with van der Waals surface area (Å²) >= 11 is 1.67. The van der Waals surface area contributed by atoms with Crippen LogP contribution in [-0.4, -0.2) is 23.2 Å². The summed E-state index contributed by atoms with van der Waals surface area (Å²) in [7, 11) is 0. The molecule has 1 aromatic rings. The average Bonchev–Trinajstić information content (AvgIpc) is 2.67. The minimum Gasteiger partial charge on any atom is -0.396 e. The SMILES string of the molecule is CC(NCC(C)(C)CCO)c1cncs1. The monoisotopic (exact) mass is 228 g/mol. The first-order valence-corrected chi connectivity index (χ1v) is 6.16. The van der Waals surface area contributed by atoms with Crippen LogP contribution in [0.4, 0.5) is 0 Å². The van der Waals surface area contributed by atoms with Gasteiger partial charge in [-0.15, -0.1) is 11.3 Å². The van der Waals surface area contributed by atoms with Gasteiger partial charge in [-0.25, -0.2) is 0 Å². The first kappa shape index (κ1) is 12.6. The number of aliphatic hydroxyl groups is 1. The third-order valence-corrected chi connectivity index (χ3v) is 3.51. The number of thiazole rings is 1. The minimum atomic E-state index is 0.147. The van der Waals surface area contributed by atoms with Crippen LogP contribution in [-0.2, 0) is 0 Å². The molecule has 1 unspecified atom stereocenters. The van der Waals surface area contributed by atoms with Gasteiger partial charge in [-0.1, -0.05) is 13.8 Å². The molecule has 0 spiro atoms. The molecule has 0 radical (unpaired) electrons. The fourth-order valence-electron chi connectivity index (χ4n) is 1.36. The Morgan fingerprint density at radius 3 is 2.87 bits per heavy atom. The van der Waals surface area contributed by atoms with Crippen molar-refractivity contribution in [3.63, 3.8) is 0 Å². The molecule has 1 atom stereocenters. The molecule has 0 aliphatic carbocycles. The summed E-state index contributed by atoms with van der Waals surface area (Å²) < 4.78 is 0. The van der Waals surface area contributed by atoms with E-state index in [0.29, 0.717) is 6.04 Å². The molecule has 2 N–H and O–H groups in total. The van der Waals surface area contributed by atoms with Gasteiger partial charge < -0.3 is 10.4 Å². The third kappa shape index (κ3) is 4.28. The van der Waals surface area contributed by atoms with Crippen molar-refractivity contribution < 1.29 is 5.11 Å². The van der Waals surface area contributed by atoms with E-state index in [1.807, 2.05) is 11.7 Å². The van der Waals surface area contributed by atoms with Crippen LogP contribution in [0.1, 0.15) is 38.1 Å². The maximum absolute atomic E-state index is 8.92. The standard InChI is InChI=1S/C11H20N2OS/c1-9(10-6-12-8-15-10)13-7-11(2,3)4-5-14/h6,8-9,13-14H,4-5,7H2,1-3H3. The van der Waals surface area contributed by atoms with E-state index in [1.165, 1.54) is 4.88 Å². The van der Waals surface area contributed by atoms with Gasteiger partial charge in [-0.2, -0.15) is 0 Å². The maximum Gasteiger partial charge on any atom is 0.0794 e. The first-order chi connectivity index (χ1) is 7.05. The number of nitrogens with zero attached hydrogens (tertiary/aromatic N) is 1. The van der Waals surface area contributed by atoms with Crippen molar-refractivity contribution in [1.82, 2.24) is 10.3 Å². The van der Waals surface area contributed by atoms with E-state index in [9.17, 15) is 0 Å². The van der Waals surface area contributed by atoms with Crippen LogP contribution >= 0.6 is 11.3 Å². The molecule has 0 bridgehead atoms. The van der Waals surface area contributed by atoms with Crippen LogP contribution in [0.25, 0.3) is 0 Å². The van der Waals surface area contributed by atoms with Crippen LogP contribution in [0.3, 0.4) is 0 Å². The number of rotatable bonds is 6. The van der Waals surface area contributed by atoms with E-state index >= 15 is 0 Å². The predicted octanol–water partition coefficient (Wildman–Crippen LogP) is 2.20. The second kappa shape index (κ2) is 5.58. The summed E-state index contributed by atoms with van der Waals surface area (Å²) in [5.74, 6) is 0. The molecule has 1 aromatic heterocycles. The smallest absolute Gasteiger partial charge is 0.0794 e. The lowest BCUT2D eigenvalue weighted by Gasteiger charge is -2.26. The maximum atomic E-state index is 8.92. The Kier molecular flexibility index (Phi) is 4.70. The van der Waals surface area contributed by atoms with Gasteiger partial charge in [0, 0.05) is 30.3 Å². The van der Waals surface area contributed by atoms with E-state index in [0.717, 1.165) is 13.0 Å². The zero-order valence-electron chi connectivity index (χ0n) is 9.66. The summed E-state index contributed by atoms with van der Waals surface area (Å²) in [6.45, 7) is 7.63. The van der Waals surface area contributed by atoms with Crippen molar-refractivity contribution in [3.8, 4) is 0 Å². The molecule has 15 heavy (non-hydrogen) atoms. The van der Waals surface area contributed by atoms with Gasteiger partial charge in [0.05, 0.1) is 5.51 Å². The molecule has 0 fully saturated rings. The summed E-state index contributed by atoms with van der Waals surface area (Å²) in [6, 6.07) is 0.343. The van der Waals surface area contributed by atoms with Crippen molar-refractivity contribution in [2.45, 2.75) is 33.2 Å². The molecule has 0 amide bonds. The van der Waals surface area contributed by atoms with Gasteiger partial charge in [-0.05, 0) is 18.8 Å². The fraction of sp³-hybridized carbons (Fsp3) is 0.727. The summed E-state index contributed by atoms with van der Waals surface area (Å²) in [5.41, 5.74) is 2.00. The largest absolute Gasteiger partial charge is 0.396 e. The van der Waals surface area contributed by atoms with Crippen molar-refractivity contribution in [2.24, 2.45) is 5.41 Å². The Morgan fingerprint density at radius 2 is 2.33 bits per heavy atom. The van der Waals surface area contributed by atoms with E-state index in [4.69, 9.17) is 5.11 Å². The lowest BCUT2D eigenvalue weighted by atomic mass is 9.89. The Morgan fingerprint density at radius 1 is 1.60 bits per heavy atom. The predicted molar refractivity (Wildman–Crippen MR) is 64.0 cm³/mol. The number of nitrogens with one attached hydrogen (secondary N) is 1. The molecule has 0 aromatic carbocycles. The van der Waals surface area contributed by atoms with Gasteiger partial charge in [0.1, 0.15) is 0 Å². The van der Waals surface area contributed by atoms with Gasteiger partial charge >= 0.3 is 0 Å². The van der Waals surface area contributed by atoms with Gasteiger partial charge in [-0.3, -0.25) is 4.98 Å². The van der Waals surface area contributed by atoms with E-state index in [-0.39, 0.29) is 12.0 Å². The quantitative estimate of drug-likeness (QED) is 0.784. The summed E-state index contributed by atoms with van der Waals surface area (Å²) in [6.07, 6.45) is 2.73. The summed E-state index contributed by atoms with van der Waals surface area (Å²) in [4.78, 5) is 5.32. The highest BCUT2D eigenvalue weighted by molar-refractivity contribution is 7.09. The topological polar surface area (TPSA) is 45.1 Å².